The lowest BCUT2D eigenvalue weighted by atomic mass is 10.1. The number of nitrogens with zero attached hydrogens (tertiary/aromatic N) is 2. The Bertz CT molecular complexity index is 534. The Morgan fingerprint density at radius 3 is 2.74 bits per heavy atom. The van der Waals surface area contributed by atoms with Crippen molar-refractivity contribution in [2.75, 3.05) is 0 Å². The first-order chi connectivity index (χ1) is 9.06. The molecule has 0 spiro atoms. The zero-order chi connectivity index (χ0) is 13.8. The Labute approximate surface area is 123 Å². The quantitative estimate of drug-likeness (QED) is 0.899. The number of benzene rings is 1. The van der Waals surface area contributed by atoms with E-state index in [1.807, 2.05) is 16.9 Å². The standard InChI is InChI=1S/C15H20BrN3/c1-11(2)19-10-13(9-18-19)8-17-12(3)14-5-4-6-15(16)7-14/h4-7,9-12,17H,8H2,1-3H3/t12-/m1/s1. The van der Waals surface area contributed by atoms with Gasteiger partial charge in [-0.3, -0.25) is 4.68 Å². The third-order valence-corrected chi connectivity index (χ3v) is 3.64. The predicted octanol–water partition coefficient (Wildman–Crippen LogP) is 4.08. The maximum absolute atomic E-state index is 4.35. The Morgan fingerprint density at radius 1 is 1.32 bits per heavy atom. The van der Waals surface area contributed by atoms with Gasteiger partial charge in [0.05, 0.1) is 6.20 Å². The lowest BCUT2D eigenvalue weighted by Crippen LogP contribution is -2.17. The Balaban J connectivity index is 1.94. The molecule has 0 aliphatic carbocycles. The van der Waals surface area contributed by atoms with E-state index in [0.29, 0.717) is 12.1 Å². The molecule has 1 aromatic carbocycles. The molecular weight excluding hydrogens is 302 g/mol. The Morgan fingerprint density at radius 2 is 2.11 bits per heavy atom. The molecule has 1 heterocycles. The highest BCUT2D eigenvalue weighted by molar-refractivity contribution is 9.10. The summed E-state index contributed by atoms with van der Waals surface area (Å²) in [5.74, 6) is 0. The summed E-state index contributed by atoms with van der Waals surface area (Å²) >= 11 is 3.50. The van der Waals surface area contributed by atoms with Gasteiger partial charge >= 0.3 is 0 Å². The normalized spacial score (nSPS) is 12.9. The fourth-order valence-electron chi connectivity index (χ4n) is 1.92. The van der Waals surface area contributed by atoms with Crippen molar-refractivity contribution in [1.82, 2.24) is 15.1 Å². The first-order valence-electron chi connectivity index (χ1n) is 6.58. The number of nitrogens with one attached hydrogen (secondary N) is 1. The summed E-state index contributed by atoms with van der Waals surface area (Å²) in [6.45, 7) is 7.28. The summed E-state index contributed by atoms with van der Waals surface area (Å²) in [6, 6.07) is 9.13. The molecule has 1 aromatic heterocycles. The van der Waals surface area contributed by atoms with Crippen LogP contribution in [0.4, 0.5) is 0 Å². The predicted molar refractivity (Wildman–Crippen MR) is 82.0 cm³/mol. The molecule has 0 radical (unpaired) electrons. The summed E-state index contributed by atoms with van der Waals surface area (Å²) in [4.78, 5) is 0. The Hall–Kier alpha value is -1.13. The van der Waals surface area contributed by atoms with Gasteiger partial charge in [0.25, 0.3) is 0 Å². The summed E-state index contributed by atoms with van der Waals surface area (Å²) in [6.07, 6.45) is 4.03. The molecule has 0 saturated heterocycles. The largest absolute Gasteiger partial charge is 0.306 e. The molecule has 2 rings (SSSR count). The summed E-state index contributed by atoms with van der Waals surface area (Å²) in [5, 5.41) is 7.87. The average Bonchev–Trinajstić information content (AvgIpc) is 2.85. The van der Waals surface area contributed by atoms with Gasteiger partial charge in [-0.2, -0.15) is 5.10 Å². The van der Waals surface area contributed by atoms with Crippen molar-refractivity contribution in [3.8, 4) is 0 Å². The van der Waals surface area contributed by atoms with Crippen molar-refractivity contribution in [2.24, 2.45) is 0 Å². The fraction of sp³-hybridized carbons (Fsp3) is 0.400. The first kappa shape index (κ1) is 14.3. The lowest BCUT2D eigenvalue weighted by Gasteiger charge is -2.13. The minimum absolute atomic E-state index is 0.319. The topological polar surface area (TPSA) is 29.9 Å². The van der Waals surface area contributed by atoms with Gasteiger partial charge in [0, 0.05) is 34.9 Å². The molecule has 3 nitrogen and oxygen atoms in total. The van der Waals surface area contributed by atoms with Crippen LogP contribution < -0.4 is 5.32 Å². The van der Waals surface area contributed by atoms with Crippen LogP contribution in [0.15, 0.2) is 41.1 Å². The second-order valence-corrected chi connectivity index (χ2v) is 6.00. The smallest absolute Gasteiger partial charge is 0.0534 e. The molecule has 1 N–H and O–H groups in total. The molecular formula is C15H20BrN3. The van der Waals surface area contributed by atoms with Gasteiger partial charge in [0.15, 0.2) is 0 Å². The van der Waals surface area contributed by atoms with Crippen LogP contribution in [0.2, 0.25) is 0 Å². The van der Waals surface area contributed by atoms with Crippen molar-refractivity contribution >= 4 is 15.9 Å². The second kappa shape index (κ2) is 6.35. The minimum atomic E-state index is 0.319. The Kier molecular flexibility index (Phi) is 4.77. The third kappa shape index (κ3) is 3.91. The van der Waals surface area contributed by atoms with E-state index in [1.54, 1.807) is 0 Å². The number of rotatable bonds is 5. The molecule has 0 saturated carbocycles. The summed E-state index contributed by atoms with van der Waals surface area (Å²) in [7, 11) is 0. The van der Waals surface area contributed by atoms with Crippen LogP contribution in [0.1, 0.15) is 44.0 Å². The van der Waals surface area contributed by atoms with Crippen molar-refractivity contribution in [1.29, 1.82) is 0 Å². The molecule has 102 valence electrons. The average molecular weight is 322 g/mol. The monoisotopic (exact) mass is 321 g/mol. The lowest BCUT2D eigenvalue weighted by molar-refractivity contribution is 0.530. The van der Waals surface area contributed by atoms with Crippen LogP contribution in [-0.2, 0) is 6.54 Å². The molecule has 0 unspecified atom stereocenters. The van der Waals surface area contributed by atoms with Crippen LogP contribution in [0.25, 0.3) is 0 Å². The number of hydrogen-bond acceptors (Lipinski definition) is 2. The van der Waals surface area contributed by atoms with Crippen LogP contribution in [0.5, 0.6) is 0 Å². The van der Waals surface area contributed by atoms with Crippen molar-refractivity contribution < 1.29 is 0 Å². The van der Waals surface area contributed by atoms with Crippen molar-refractivity contribution in [3.63, 3.8) is 0 Å². The molecule has 0 amide bonds. The number of aromatic nitrogens is 2. The van der Waals surface area contributed by atoms with E-state index in [-0.39, 0.29) is 0 Å². The molecule has 2 aromatic rings. The van der Waals surface area contributed by atoms with Gasteiger partial charge in [-0.15, -0.1) is 0 Å². The zero-order valence-corrected chi connectivity index (χ0v) is 13.2. The molecule has 0 aliphatic rings. The van der Waals surface area contributed by atoms with Crippen LogP contribution in [0.3, 0.4) is 0 Å². The van der Waals surface area contributed by atoms with Crippen molar-refractivity contribution in [3.05, 3.63) is 52.3 Å². The van der Waals surface area contributed by atoms with Crippen molar-refractivity contribution in [2.45, 2.75) is 39.4 Å². The van der Waals surface area contributed by atoms with E-state index in [2.05, 4.69) is 71.5 Å². The molecule has 0 aliphatic heterocycles. The first-order valence-corrected chi connectivity index (χ1v) is 7.37. The highest BCUT2D eigenvalue weighted by Crippen LogP contribution is 2.18. The fourth-order valence-corrected chi connectivity index (χ4v) is 2.33. The molecule has 0 bridgehead atoms. The highest BCUT2D eigenvalue weighted by Gasteiger charge is 2.07. The van der Waals surface area contributed by atoms with Crippen LogP contribution in [0, 0.1) is 0 Å². The van der Waals surface area contributed by atoms with E-state index in [0.717, 1.165) is 11.0 Å². The molecule has 4 heteroatoms. The van der Waals surface area contributed by atoms with Gasteiger partial charge in [0.2, 0.25) is 0 Å². The third-order valence-electron chi connectivity index (χ3n) is 3.15. The zero-order valence-electron chi connectivity index (χ0n) is 11.6. The second-order valence-electron chi connectivity index (χ2n) is 5.08. The molecule has 0 fully saturated rings. The van der Waals surface area contributed by atoms with Gasteiger partial charge in [-0.05, 0) is 38.5 Å². The number of halogens is 1. The summed E-state index contributed by atoms with van der Waals surface area (Å²) in [5.41, 5.74) is 2.50. The molecule has 1 atom stereocenters. The van der Waals surface area contributed by atoms with E-state index in [4.69, 9.17) is 0 Å². The van der Waals surface area contributed by atoms with Crippen LogP contribution >= 0.6 is 15.9 Å². The van der Waals surface area contributed by atoms with Gasteiger partial charge < -0.3 is 5.32 Å². The number of hydrogen-bond donors (Lipinski definition) is 1. The maximum Gasteiger partial charge on any atom is 0.0534 e. The SMILES string of the molecule is CC(C)n1cc(CN[C@H](C)c2cccc(Br)c2)cn1. The van der Waals surface area contributed by atoms with E-state index in [9.17, 15) is 0 Å². The van der Waals surface area contributed by atoms with E-state index in [1.165, 1.54) is 11.1 Å². The maximum atomic E-state index is 4.35. The van der Waals surface area contributed by atoms with Gasteiger partial charge in [-0.25, -0.2) is 0 Å². The van der Waals surface area contributed by atoms with E-state index < -0.39 is 0 Å². The van der Waals surface area contributed by atoms with E-state index >= 15 is 0 Å². The van der Waals surface area contributed by atoms with Gasteiger partial charge in [0.1, 0.15) is 0 Å². The van der Waals surface area contributed by atoms with Crippen LogP contribution in [-0.4, -0.2) is 9.78 Å². The highest BCUT2D eigenvalue weighted by atomic mass is 79.9. The summed E-state index contributed by atoms with van der Waals surface area (Å²) < 4.78 is 3.10. The molecule has 19 heavy (non-hydrogen) atoms. The van der Waals surface area contributed by atoms with Gasteiger partial charge in [-0.1, -0.05) is 28.1 Å². The minimum Gasteiger partial charge on any atom is -0.306 e.